The van der Waals surface area contributed by atoms with Gasteiger partial charge in [-0.1, -0.05) is 60.7 Å². The van der Waals surface area contributed by atoms with Gasteiger partial charge in [-0.25, -0.2) is 5.48 Å². The molecule has 0 aromatic heterocycles. The van der Waals surface area contributed by atoms with Crippen molar-refractivity contribution in [1.82, 2.24) is 10.8 Å². The Balaban J connectivity index is 1.52. The van der Waals surface area contributed by atoms with Crippen molar-refractivity contribution in [2.45, 2.75) is 13.0 Å². The fourth-order valence-electron chi connectivity index (χ4n) is 1.90. The van der Waals surface area contributed by atoms with Crippen molar-refractivity contribution in [1.29, 1.82) is 0 Å². The maximum absolute atomic E-state index is 11.6. The van der Waals surface area contributed by atoms with Gasteiger partial charge in [0.2, 0.25) is 5.91 Å². The maximum atomic E-state index is 11.6. The molecule has 1 amide bonds. The van der Waals surface area contributed by atoms with Crippen molar-refractivity contribution in [2.75, 3.05) is 13.2 Å². The SMILES string of the molecule is O=C(Cc1ccccc1)NOCCNCc1ccccc1. The molecule has 0 bridgehead atoms. The summed E-state index contributed by atoms with van der Waals surface area (Å²) in [6.45, 7) is 1.91. The number of hydroxylamine groups is 1. The summed E-state index contributed by atoms with van der Waals surface area (Å²) in [7, 11) is 0. The van der Waals surface area contributed by atoms with E-state index >= 15 is 0 Å². The van der Waals surface area contributed by atoms with E-state index in [9.17, 15) is 4.79 Å². The third kappa shape index (κ3) is 6.21. The molecule has 2 aromatic rings. The van der Waals surface area contributed by atoms with Crippen LogP contribution >= 0.6 is 0 Å². The molecule has 0 radical (unpaired) electrons. The van der Waals surface area contributed by atoms with Gasteiger partial charge < -0.3 is 5.32 Å². The van der Waals surface area contributed by atoms with Gasteiger partial charge in [-0.3, -0.25) is 9.63 Å². The van der Waals surface area contributed by atoms with E-state index in [1.807, 2.05) is 48.5 Å². The molecule has 4 heteroatoms. The second-order valence-corrected chi connectivity index (χ2v) is 4.70. The number of carbonyl (C=O) groups excluding carboxylic acids is 1. The molecule has 0 saturated carbocycles. The van der Waals surface area contributed by atoms with Crippen LogP contribution in [0.25, 0.3) is 0 Å². The van der Waals surface area contributed by atoms with Crippen LogP contribution in [0.3, 0.4) is 0 Å². The Morgan fingerprint density at radius 1 is 0.905 bits per heavy atom. The molecule has 0 fully saturated rings. The molecule has 4 nitrogen and oxygen atoms in total. The zero-order valence-corrected chi connectivity index (χ0v) is 11.9. The van der Waals surface area contributed by atoms with E-state index in [0.717, 1.165) is 12.1 Å². The highest BCUT2D eigenvalue weighted by Crippen LogP contribution is 1.99. The third-order valence-electron chi connectivity index (χ3n) is 2.95. The molecule has 110 valence electrons. The minimum absolute atomic E-state index is 0.135. The predicted octanol–water partition coefficient (Wildman–Crippen LogP) is 2.07. The topological polar surface area (TPSA) is 50.4 Å². The average molecular weight is 284 g/mol. The van der Waals surface area contributed by atoms with Crippen molar-refractivity contribution < 1.29 is 9.63 Å². The number of hydrogen-bond donors (Lipinski definition) is 2. The van der Waals surface area contributed by atoms with Gasteiger partial charge in [-0.15, -0.1) is 0 Å². The second-order valence-electron chi connectivity index (χ2n) is 4.70. The van der Waals surface area contributed by atoms with Crippen LogP contribution in [-0.4, -0.2) is 19.1 Å². The second kappa shape index (κ2) is 8.89. The largest absolute Gasteiger partial charge is 0.310 e. The predicted molar refractivity (Wildman–Crippen MR) is 82.4 cm³/mol. The molecule has 0 atom stereocenters. The highest BCUT2D eigenvalue weighted by atomic mass is 16.6. The van der Waals surface area contributed by atoms with Crippen LogP contribution in [0.5, 0.6) is 0 Å². The van der Waals surface area contributed by atoms with E-state index in [0.29, 0.717) is 19.6 Å². The molecule has 0 aliphatic carbocycles. The summed E-state index contributed by atoms with van der Waals surface area (Å²) in [6.07, 6.45) is 0.332. The van der Waals surface area contributed by atoms with Crippen molar-refractivity contribution in [2.24, 2.45) is 0 Å². The van der Waals surface area contributed by atoms with Gasteiger partial charge in [0.25, 0.3) is 0 Å². The van der Waals surface area contributed by atoms with E-state index in [1.165, 1.54) is 5.56 Å². The van der Waals surface area contributed by atoms with E-state index in [4.69, 9.17) is 4.84 Å². The zero-order chi connectivity index (χ0) is 14.8. The van der Waals surface area contributed by atoms with E-state index < -0.39 is 0 Å². The van der Waals surface area contributed by atoms with Gasteiger partial charge in [0.15, 0.2) is 0 Å². The van der Waals surface area contributed by atoms with Gasteiger partial charge in [0, 0.05) is 13.1 Å². The monoisotopic (exact) mass is 284 g/mol. The molecule has 2 rings (SSSR count). The Morgan fingerprint density at radius 3 is 2.19 bits per heavy atom. The summed E-state index contributed by atoms with van der Waals surface area (Å²) < 4.78 is 0. The van der Waals surface area contributed by atoms with Crippen LogP contribution in [0.2, 0.25) is 0 Å². The number of amides is 1. The first-order chi connectivity index (χ1) is 10.3. The van der Waals surface area contributed by atoms with E-state index in [2.05, 4.69) is 22.9 Å². The Hall–Kier alpha value is -2.17. The summed E-state index contributed by atoms with van der Waals surface area (Å²) in [6, 6.07) is 19.7. The Labute approximate surface area is 125 Å². The first kappa shape index (κ1) is 15.2. The minimum atomic E-state index is -0.135. The molecule has 21 heavy (non-hydrogen) atoms. The lowest BCUT2D eigenvalue weighted by atomic mass is 10.1. The Kier molecular flexibility index (Phi) is 6.45. The number of benzene rings is 2. The average Bonchev–Trinajstić information content (AvgIpc) is 2.53. The van der Waals surface area contributed by atoms with Crippen LogP contribution in [0, 0.1) is 0 Å². The molecule has 2 N–H and O–H groups in total. The van der Waals surface area contributed by atoms with E-state index in [-0.39, 0.29) is 5.91 Å². The fourth-order valence-corrected chi connectivity index (χ4v) is 1.90. The van der Waals surface area contributed by atoms with Crippen molar-refractivity contribution >= 4 is 5.91 Å². The molecular formula is C17H20N2O2. The first-order valence-electron chi connectivity index (χ1n) is 7.04. The highest BCUT2D eigenvalue weighted by molar-refractivity contribution is 5.77. The summed E-state index contributed by atoms with van der Waals surface area (Å²) in [4.78, 5) is 16.8. The number of hydrogen-bond acceptors (Lipinski definition) is 3. The van der Waals surface area contributed by atoms with Crippen LogP contribution in [-0.2, 0) is 22.6 Å². The maximum Gasteiger partial charge on any atom is 0.247 e. The van der Waals surface area contributed by atoms with Crippen molar-refractivity contribution in [3.05, 3.63) is 71.8 Å². The zero-order valence-electron chi connectivity index (χ0n) is 11.9. The van der Waals surface area contributed by atoms with Gasteiger partial charge in [0.05, 0.1) is 13.0 Å². The summed E-state index contributed by atoms with van der Waals surface area (Å²) in [5.74, 6) is -0.135. The third-order valence-corrected chi connectivity index (χ3v) is 2.95. The van der Waals surface area contributed by atoms with Gasteiger partial charge in [0.1, 0.15) is 0 Å². The normalized spacial score (nSPS) is 10.3. The van der Waals surface area contributed by atoms with Crippen LogP contribution in [0.4, 0.5) is 0 Å². The molecule has 0 saturated heterocycles. The first-order valence-corrected chi connectivity index (χ1v) is 7.04. The molecule has 2 aromatic carbocycles. The quantitative estimate of drug-likeness (QED) is 0.576. The minimum Gasteiger partial charge on any atom is -0.310 e. The van der Waals surface area contributed by atoms with Crippen LogP contribution < -0.4 is 10.8 Å². The van der Waals surface area contributed by atoms with Crippen LogP contribution in [0.1, 0.15) is 11.1 Å². The lowest BCUT2D eigenvalue weighted by Crippen LogP contribution is -2.29. The fraction of sp³-hybridized carbons (Fsp3) is 0.235. The van der Waals surface area contributed by atoms with Gasteiger partial charge in [-0.2, -0.15) is 0 Å². The summed E-state index contributed by atoms with van der Waals surface area (Å²) in [5.41, 5.74) is 4.65. The molecule has 0 spiro atoms. The van der Waals surface area contributed by atoms with E-state index in [1.54, 1.807) is 0 Å². The number of carbonyl (C=O) groups is 1. The molecular weight excluding hydrogens is 264 g/mol. The molecule has 0 heterocycles. The smallest absolute Gasteiger partial charge is 0.247 e. The van der Waals surface area contributed by atoms with Crippen molar-refractivity contribution in [3.8, 4) is 0 Å². The Morgan fingerprint density at radius 2 is 1.52 bits per heavy atom. The van der Waals surface area contributed by atoms with Crippen LogP contribution in [0.15, 0.2) is 60.7 Å². The molecule has 0 aliphatic heterocycles. The van der Waals surface area contributed by atoms with Gasteiger partial charge in [-0.05, 0) is 11.1 Å². The highest BCUT2D eigenvalue weighted by Gasteiger charge is 2.02. The number of rotatable bonds is 8. The molecule has 0 unspecified atom stereocenters. The standard InChI is InChI=1S/C17H20N2O2/c20-17(13-15-7-3-1-4-8-15)19-21-12-11-18-14-16-9-5-2-6-10-16/h1-10,18H,11-14H2,(H,19,20). The Bertz CT molecular complexity index is 529. The number of nitrogens with one attached hydrogen (secondary N) is 2. The van der Waals surface area contributed by atoms with Crippen molar-refractivity contribution in [3.63, 3.8) is 0 Å². The lowest BCUT2D eigenvalue weighted by Gasteiger charge is -2.07. The summed E-state index contributed by atoms with van der Waals surface area (Å²) in [5, 5.41) is 3.25. The molecule has 0 aliphatic rings. The summed E-state index contributed by atoms with van der Waals surface area (Å²) >= 11 is 0. The lowest BCUT2D eigenvalue weighted by molar-refractivity contribution is -0.132. The van der Waals surface area contributed by atoms with Gasteiger partial charge >= 0.3 is 0 Å².